The zero-order valence-corrected chi connectivity index (χ0v) is 37.3. The molecule has 7 rings (SSSR count). The van der Waals surface area contributed by atoms with E-state index in [0.717, 1.165) is 18.9 Å². The molecule has 3 nitrogen and oxygen atoms in total. The van der Waals surface area contributed by atoms with Crippen molar-refractivity contribution in [3.8, 4) is 0 Å². The van der Waals surface area contributed by atoms with Gasteiger partial charge in [-0.3, -0.25) is 0 Å². The SMILES string of the molecule is CC.CC.CC(=O)[O-].CN1CCCC2CCCCC21.Cc1ccc([S+](c2ccc(C)cc2)c2ccc(C)cc2)cc1.c1ccc([I+]c2ccccc2)cc1. The van der Waals surface area contributed by atoms with E-state index in [1.165, 1.54) is 83.6 Å². The summed E-state index contributed by atoms with van der Waals surface area (Å²) >= 11 is 0.0287. The normalized spacial score (nSPS) is 15.7. The molecule has 0 radical (unpaired) electrons. The Hall–Kier alpha value is -3.39. The van der Waals surface area contributed by atoms with Crippen LogP contribution in [0.25, 0.3) is 0 Å². The molecule has 2 unspecified atom stereocenters. The number of fused-ring (bicyclic) bond motifs is 1. The Bertz CT molecular complexity index is 1530. The smallest absolute Gasteiger partial charge is 0.357 e. The van der Waals surface area contributed by atoms with Crippen molar-refractivity contribution in [2.75, 3.05) is 13.6 Å². The molecule has 2 aliphatic rings. The number of carboxylic acids is 1. The largest absolute Gasteiger partial charge is 0.550 e. The molecule has 0 bridgehead atoms. The minimum absolute atomic E-state index is 0.0287. The van der Waals surface area contributed by atoms with Gasteiger partial charge in [-0.15, -0.1) is 0 Å². The maximum Gasteiger partial charge on any atom is 0.357 e. The molecular formula is C49H65INO2S+. The van der Waals surface area contributed by atoms with Gasteiger partial charge in [0, 0.05) is 12.0 Å². The number of hydrogen-bond donors (Lipinski definition) is 0. The van der Waals surface area contributed by atoms with E-state index in [2.05, 4.69) is 166 Å². The number of aliphatic carboxylic acids is 1. The Kier molecular flexibility index (Phi) is 23.6. The molecule has 54 heavy (non-hydrogen) atoms. The number of benzene rings is 5. The van der Waals surface area contributed by atoms with Gasteiger partial charge in [0.15, 0.2) is 21.8 Å². The third kappa shape index (κ3) is 17.4. The lowest BCUT2D eigenvalue weighted by Gasteiger charge is -2.42. The first-order valence-electron chi connectivity index (χ1n) is 19.8. The number of piperidine rings is 1. The van der Waals surface area contributed by atoms with Gasteiger partial charge in [-0.2, -0.15) is 0 Å². The van der Waals surface area contributed by atoms with E-state index in [4.69, 9.17) is 9.90 Å². The summed E-state index contributed by atoms with van der Waals surface area (Å²) in [6, 6.07) is 49.2. The van der Waals surface area contributed by atoms with Gasteiger partial charge in [-0.05, 0) is 134 Å². The summed E-state index contributed by atoms with van der Waals surface area (Å²) in [5.41, 5.74) is 3.92. The number of nitrogens with zero attached hydrogens (tertiary/aromatic N) is 1. The molecule has 0 amide bonds. The van der Waals surface area contributed by atoms with Crippen LogP contribution in [0, 0.1) is 33.8 Å². The van der Waals surface area contributed by atoms with Gasteiger partial charge >= 0.3 is 21.2 Å². The van der Waals surface area contributed by atoms with Crippen LogP contribution >= 0.6 is 0 Å². The van der Waals surface area contributed by atoms with Crippen molar-refractivity contribution in [2.45, 2.75) is 115 Å². The van der Waals surface area contributed by atoms with E-state index in [1.807, 2.05) is 27.7 Å². The molecule has 5 aromatic rings. The maximum absolute atomic E-state index is 8.89. The summed E-state index contributed by atoms with van der Waals surface area (Å²) in [6.07, 6.45) is 8.91. The lowest BCUT2D eigenvalue weighted by Crippen LogP contribution is -3.61. The highest BCUT2D eigenvalue weighted by atomic mass is 127. The monoisotopic (exact) mass is 858 g/mol. The van der Waals surface area contributed by atoms with E-state index in [1.54, 1.807) is 0 Å². The van der Waals surface area contributed by atoms with Gasteiger partial charge < -0.3 is 14.8 Å². The molecule has 1 heterocycles. The Balaban J connectivity index is 0.000000269. The number of carboxylic acid groups (broad SMARTS) is 1. The molecule has 2 atom stereocenters. The first kappa shape index (κ1) is 46.8. The highest BCUT2D eigenvalue weighted by Crippen LogP contribution is 2.34. The lowest BCUT2D eigenvalue weighted by atomic mass is 9.79. The third-order valence-corrected chi connectivity index (χ3v) is 13.9. The van der Waals surface area contributed by atoms with Gasteiger partial charge in [0.05, 0.1) is 10.9 Å². The Morgan fingerprint density at radius 1 is 0.574 bits per heavy atom. The first-order chi connectivity index (χ1) is 26.2. The number of carbonyl (C=O) groups excluding carboxylic acids is 1. The molecular weight excluding hydrogens is 794 g/mol. The fraction of sp³-hybridized carbons (Fsp3) is 0.367. The number of aryl methyl sites for hydroxylation is 3. The van der Waals surface area contributed by atoms with Crippen LogP contribution in [0.1, 0.15) is 89.8 Å². The molecule has 1 saturated carbocycles. The van der Waals surface area contributed by atoms with Gasteiger partial charge in [0.25, 0.3) is 0 Å². The summed E-state index contributed by atoms with van der Waals surface area (Å²) in [4.78, 5) is 15.6. The number of carbonyl (C=O) groups is 1. The molecule has 0 spiro atoms. The number of halogens is 1. The Labute approximate surface area is 342 Å². The van der Waals surface area contributed by atoms with Crippen molar-refractivity contribution >= 4 is 16.9 Å². The summed E-state index contributed by atoms with van der Waals surface area (Å²) in [6.45, 7) is 16.7. The molecule has 2 fully saturated rings. The number of likely N-dealkylation sites (tertiary alicyclic amines) is 1. The van der Waals surface area contributed by atoms with Crippen molar-refractivity contribution in [3.05, 3.63) is 157 Å². The maximum atomic E-state index is 8.89. The molecule has 5 heteroatoms. The average Bonchev–Trinajstić information content (AvgIpc) is 3.20. The minimum Gasteiger partial charge on any atom is -0.550 e. The molecule has 0 N–H and O–H groups in total. The predicted molar refractivity (Wildman–Crippen MR) is 227 cm³/mol. The standard InChI is InChI=1S/C21H21S.C12H10I.C10H19N.C2H4O2.2C2H6/c1-16-4-10-19(11-5-16)22(20-12-6-17(2)7-13-20)21-14-8-18(3)9-15-21;1-3-7-11(8-4-1)13-12-9-5-2-6-10-12;1-11-8-4-6-9-5-2-3-7-10(9)11;1-2(3)4;2*1-2/h4-15H,1-3H3;1-10H;9-10H,2-8H2,1H3;1H3,(H,3,4);2*1-2H3/q2*+1;;;;/p-1. The first-order valence-corrected chi connectivity index (χ1v) is 23.1. The van der Waals surface area contributed by atoms with Crippen LogP contribution in [0.5, 0.6) is 0 Å². The van der Waals surface area contributed by atoms with Crippen molar-refractivity contribution < 1.29 is 31.1 Å². The van der Waals surface area contributed by atoms with Crippen LogP contribution in [0.3, 0.4) is 0 Å². The summed E-state index contributed by atoms with van der Waals surface area (Å²) in [5, 5.41) is 8.89. The Morgan fingerprint density at radius 2 is 0.907 bits per heavy atom. The van der Waals surface area contributed by atoms with Gasteiger partial charge in [-0.1, -0.05) is 130 Å². The van der Waals surface area contributed by atoms with E-state index in [9.17, 15) is 0 Å². The van der Waals surface area contributed by atoms with E-state index >= 15 is 0 Å². The van der Waals surface area contributed by atoms with Crippen LogP contribution in [0.2, 0.25) is 0 Å². The average molecular weight is 859 g/mol. The zero-order chi connectivity index (χ0) is 39.7. The molecule has 1 saturated heterocycles. The van der Waals surface area contributed by atoms with Gasteiger partial charge in [0.2, 0.25) is 0 Å². The van der Waals surface area contributed by atoms with E-state index in [0.29, 0.717) is 0 Å². The van der Waals surface area contributed by atoms with Crippen LogP contribution in [-0.2, 0) is 15.7 Å². The van der Waals surface area contributed by atoms with Gasteiger partial charge in [0.1, 0.15) is 0 Å². The minimum atomic E-state index is -1.08. The van der Waals surface area contributed by atoms with E-state index in [-0.39, 0.29) is 32.1 Å². The fourth-order valence-corrected chi connectivity index (χ4v) is 10.7. The lowest BCUT2D eigenvalue weighted by molar-refractivity contribution is -0.597. The van der Waals surface area contributed by atoms with E-state index < -0.39 is 5.97 Å². The summed E-state index contributed by atoms with van der Waals surface area (Å²) in [7, 11) is 2.27. The number of hydrogen-bond acceptors (Lipinski definition) is 3. The topological polar surface area (TPSA) is 43.4 Å². The third-order valence-electron chi connectivity index (χ3n) is 8.98. The number of rotatable bonds is 5. The van der Waals surface area contributed by atoms with Crippen molar-refractivity contribution in [1.29, 1.82) is 0 Å². The second kappa shape index (κ2) is 27.2. The van der Waals surface area contributed by atoms with Gasteiger partial charge in [-0.25, -0.2) is 0 Å². The molecule has 1 aliphatic heterocycles. The quantitative estimate of drug-likeness (QED) is 0.132. The van der Waals surface area contributed by atoms with Crippen molar-refractivity contribution in [3.63, 3.8) is 0 Å². The van der Waals surface area contributed by atoms with Crippen LogP contribution < -0.4 is 26.3 Å². The van der Waals surface area contributed by atoms with Crippen LogP contribution in [0.4, 0.5) is 0 Å². The predicted octanol–water partition coefficient (Wildman–Crippen LogP) is 8.60. The molecule has 5 aromatic carbocycles. The van der Waals surface area contributed by atoms with Crippen molar-refractivity contribution in [1.82, 2.24) is 4.90 Å². The Morgan fingerprint density at radius 3 is 1.26 bits per heavy atom. The molecule has 1 aliphatic carbocycles. The second-order valence-electron chi connectivity index (χ2n) is 13.2. The van der Waals surface area contributed by atoms with Crippen LogP contribution in [0.15, 0.2) is 148 Å². The second-order valence-corrected chi connectivity index (χ2v) is 18.2. The zero-order valence-electron chi connectivity index (χ0n) is 34.4. The molecule has 290 valence electrons. The van der Waals surface area contributed by atoms with Crippen molar-refractivity contribution in [2.24, 2.45) is 5.92 Å². The fourth-order valence-electron chi connectivity index (χ4n) is 6.39. The molecule has 0 aromatic heterocycles. The summed E-state index contributed by atoms with van der Waals surface area (Å²) < 4.78 is 2.96. The van der Waals surface area contributed by atoms with Crippen LogP contribution in [-0.4, -0.2) is 30.5 Å². The highest BCUT2D eigenvalue weighted by molar-refractivity contribution is 7.97. The summed E-state index contributed by atoms with van der Waals surface area (Å²) in [5.74, 6) is -0.0255. The highest BCUT2D eigenvalue weighted by Gasteiger charge is 2.31.